The van der Waals surface area contributed by atoms with Crippen LogP contribution in [-0.4, -0.2) is 26.3 Å². The Morgan fingerprint density at radius 1 is 1.38 bits per heavy atom. The molecule has 0 spiro atoms. The zero-order chi connectivity index (χ0) is 9.90. The van der Waals surface area contributed by atoms with Crippen LogP contribution >= 0.6 is 0 Å². The molecule has 13 heavy (non-hydrogen) atoms. The zero-order valence-electron chi connectivity index (χ0n) is 9.39. The molecule has 0 aromatic rings. The summed E-state index contributed by atoms with van der Waals surface area (Å²) in [5.41, 5.74) is 0.452. The smallest absolute Gasteiger partial charge is 0.0615 e. The van der Waals surface area contributed by atoms with Gasteiger partial charge in [-0.15, -0.1) is 0 Å². The van der Waals surface area contributed by atoms with E-state index in [1.807, 2.05) is 0 Å². The molecule has 1 aliphatic heterocycles. The fraction of sp³-hybridized carbons (Fsp3) is 1.00. The van der Waals surface area contributed by atoms with Gasteiger partial charge in [0.15, 0.2) is 0 Å². The van der Waals surface area contributed by atoms with Crippen LogP contribution in [0.1, 0.15) is 33.6 Å². The number of rotatable bonds is 2. The Balaban J connectivity index is 2.42. The molecular weight excluding hydrogens is 162 g/mol. The van der Waals surface area contributed by atoms with E-state index in [2.05, 4.69) is 26.1 Å². The van der Waals surface area contributed by atoms with E-state index in [-0.39, 0.29) is 0 Å². The van der Waals surface area contributed by atoms with Gasteiger partial charge in [0.2, 0.25) is 0 Å². The maximum Gasteiger partial charge on any atom is 0.0615 e. The minimum absolute atomic E-state index is 0.452. The van der Waals surface area contributed by atoms with Crippen LogP contribution in [0.2, 0.25) is 0 Å². The maximum atomic E-state index is 5.18. The van der Waals surface area contributed by atoms with E-state index < -0.39 is 0 Å². The van der Waals surface area contributed by atoms with E-state index in [9.17, 15) is 0 Å². The normalized spacial score (nSPS) is 30.5. The Morgan fingerprint density at radius 3 is 2.62 bits per heavy atom. The van der Waals surface area contributed by atoms with Crippen LogP contribution in [-0.2, 0) is 4.74 Å². The van der Waals surface area contributed by atoms with Crippen molar-refractivity contribution < 1.29 is 4.74 Å². The molecule has 0 saturated carbocycles. The Bertz CT molecular complexity index is 149. The summed E-state index contributed by atoms with van der Waals surface area (Å²) >= 11 is 0. The highest BCUT2D eigenvalue weighted by Crippen LogP contribution is 2.34. The van der Waals surface area contributed by atoms with Crippen LogP contribution in [0.4, 0.5) is 0 Å². The van der Waals surface area contributed by atoms with Gasteiger partial charge in [0.25, 0.3) is 0 Å². The molecule has 0 radical (unpaired) electrons. The van der Waals surface area contributed by atoms with Gasteiger partial charge < -0.3 is 10.1 Å². The first-order chi connectivity index (χ1) is 6.04. The van der Waals surface area contributed by atoms with E-state index >= 15 is 0 Å². The van der Waals surface area contributed by atoms with Crippen molar-refractivity contribution in [2.24, 2.45) is 11.3 Å². The van der Waals surface area contributed by atoms with Crippen molar-refractivity contribution in [1.82, 2.24) is 5.32 Å². The van der Waals surface area contributed by atoms with E-state index in [0.717, 1.165) is 19.1 Å². The van der Waals surface area contributed by atoms with Crippen LogP contribution in [0, 0.1) is 11.3 Å². The number of hydrogen-bond donors (Lipinski definition) is 1. The number of hydrogen-bond acceptors (Lipinski definition) is 2. The summed E-state index contributed by atoms with van der Waals surface area (Å²) in [6.45, 7) is 9.02. The fourth-order valence-corrected chi connectivity index (χ4v) is 2.12. The van der Waals surface area contributed by atoms with Gasteiger partial charge in [0, 0.05) is 13.2 Å². The second-order valence-corrected chi connectivity index (χ2v) is 5.19. The lowest BCUT2D eigenvalue weighted by molar-refractivity contribution is 0.103. The standard InChI is InChI=1S/C11H23NO/c1-11(2,3)9-5-6-12-10(7-9)8-13-4/h9-10,12H,5-8H2,1-4H3/t9-,10-/m0/s1. The van der Waals surface area contributed by atoms with Crippen molar-refractivity contribution in [2.75, 3.05) is 20.3 Å². The molecule has 1 heterocycles. The summed E-state index contributed by atoms with van der Waals surface area (Å²) in [6.07, 6.45) is 2.57. The predicted octanol–water partition coefficient (Wildman–Crippen LogP) is 2.05. The van der Waals surface area contributed by atoms with Gasteiger partial charge in [-0.1, -0.05) is 20.8 Å². The minimum atomic E-state index is 0.452. The number of piperidine rings is 1. The molecule has 0 aliphatic carbocycles. The molecule has 1 aliphatic rings. The van der Waals surface area contributed by atoms with Crippen molar-refractivity contribution in [3.8, 4) is 0 Å². The van der Waals surface area contributed by atoms with Crippen LogP contribution in [0.15, 0.2) is 0 Å². The van der Waals surface area contributed by atoms with Gasteiger partial charge in [-0.05, 0) is 30.7 Å². The van der Waals surface area contributed by atoms with E-state index in [4.69, 9.17) is 4.74 Å². The monoisotopic (exact) mass is 185 g/mol. The molecule has 78 valence electrons. The summed E-state index contributed by atoms with van der Waals surface area (Å²) in [4.78, 5) is 0. The van der Waals surface area contributed by atoms with Gasteiger partial charge in [-0.25, -0.2) is 0 Å². The van der Waals surface area contributed by atoms with E-state index in [0.29, 0.717) is 11.5 Å². The summed E-state index contributed by atoms with van der Waals surface area (Å²) in [6, 6.07) is 0.572. The molecule has 2 heteroatoms. The molecule has 0 unspecified atom stereocenters. The molecule has 2 atom stereocenters. The quantitative estimate of drug-likeness (QED) is 0.711. The van der Waals surface area contributed by atoms with Crippen LogP contribution in [0.25, 0.3) is 0 Å². The molecule has 0 aromatic heterocycles. The predicted molar refractivity (Wildman–Crippen MR) is 55.8 cm³/mol. The van der Waals surface area contributed by atoms with Gasteiger partial charge in [-0.2, -0.15) is 0 Å². The Morgan fingerprint density at radius 2 is 2.08 bits per heavy atom. The fourth-order valence-electron chi connectivity index (χ4n) is 2.12. The second kappa shape index (κ2) is 4.43. The summed E-state index contributed by atoms with van der Waals surface area (Å²) in [7, 11) is 1.78. The lowest BCUT2D eigenvalue weighted by Crippen LogP contribution is -2.44. The first kappa shape index (κ1) is 11.0. The Labute approximate surface area is 82.0 Å². The van der Waals surface area contributed by atoms with Crippen LogP contribution in [0.5, 0.6) is 0 Å². The van der Waals surface area contributed by atoms with Gasteiger partial charge in [0.1, 0.15) is 0 Å². The van der Waals surface area contributed by atoms with Gasteiger partial charge in [-0.3, -0.25) is 0 Å². The highest BCUT2D eigenvalue weighted by Gasteiger charge is 2.29. The lowest BCUT2D eigenvalue weighted by atomic mass is 9.74. The molecule has 2 nitrogen and oxygen atoms in total. The van der Waals surface area contributed by atoms with E-state index in [1.54, 1.807) is 7.11 Å². The molecule has 0 bridgehead atoms. The topological polar surface area (TPSA) is 21.3 Å². The van der Waals surface area contributed by atoms with Crippen molar-refractivity contribution >= 4 is 0 Å². The zero-order valence-corrected chi connectivity index (χ0v) is 9.39. The minimum Gasteiger partial charge on any atom is -0.383 e. The Kier molecular flexibility index (Phi) is 3.74. The molecule has 0 amide bonds. The highest BCUT2D eigenvalue weighted by atomic mass is 16.5. The van der Waals surface area contributed by atoms with Gasteiger partial charge >= 0.3 is 0 Å². The van der Waals surface area contributed by atoms with Crippen LogP contribution in [0.3, 0.4) is 0 Å². The average Bonchev–Trinajstić information content (AvgIpc) is 2.04. The first-order valence-corrected chi connectivity index (χ1v) is 5.26. The largest absolute Gasteiger partial charge is 0.383 e. The highest BCUT2D eigenvalue weighted by molar-refractivity contribution is 4.84. The third-order valence-electron chi connectivity index (χ3n) is 3.09. The molecule has 1 N–H and O–H groups in total. The summed E-state index contributed by atoms with van der Waals surface area (Å²) < 4.78 is 5.18. The lowest BCUT2D eigenvalue weighted by Gasteiger charge is -2.38. The molecule has 1 rings (SSSR count). The number of methoxy groups -OCH3 is 1. The van der Waals surface area contributed by atoms with Crippen molar-refractivity contribution in [3.63, 3.8) is 0 Å². The van der Waals surface area contributed by atoms with Gasteiger partial charge in [0.05, 0.1) is 6.61 Å². The van der Waals surface area contributed by atoms with Crippen LogP contribution < -0.4 is 5.32 Å². The SMILES string of the molecule is COC[C@@H]1C[C@@H](C(C)(C)C)CCN1. The first-order valence-electron chi connectivity index (χ1n) is 5.26. The van der Waals surface area contributed by atoms with E-state index in [1.165, 1.54) is 12.8 Å². The number of nitrogens with one attached hydrogen (secondary N) is 1. The second-order valence-electron chi connectivity index (χ2n) is 5.19. The summed E-state index contributed by atoms with van der Waals surface area (Å²) in [5.74, 6) is 0.842. The molecular formula is C11H23NO. The Hall–Kier alpha value is -0.0800. The van der Waals surface area contributed by atoms with Crippen molar-refractivity contribution in [3.05, 3.63) is 0 Å². The maximum absolute atomic E-state index is 5.18. The molecule has 1 fully saturated rings. The summed E-state index contributed by atoms with van der Waals surface area (Å²) in [5, 5.41) is 3.50. The third kappa shape index (κ3) is 3.28. The van der Waals surface area contributed by atoms with Crippen molar-refractivity contribution in [2.45, 2.75) is 39.7 Å². The van der Waals surface area contributed by atoms with Crippen molar-refractivity contribution in [1.29, 1.82) is 0 Å². The molecule has 1 saturated heterocycles. The third-order valence-corrected chi connectivity index (χ3v) is 3.09. The average molecular weight is 185 g/mol. The number of ether oxygens (including phenoxy) is 1. The molecule has 0 aromatic carbocycles.